The van der Waals surface area contributed by atoms with Gasteiger partial charge in [-0.1, -0.05) is 32.5 Å². The summed E-state index contributed by atoms with van der Waals surface area (Å²) in [5, 5.41) is 23.6. The summed E-state index contributed by atoms with van der Waals surface area (Å²) in [7, 11) is 0. The Morgan fingerprint density at radius 2 is 1.74 bits per heavy atom. The number of hydrogen-bond donors (Lipinski definition) is 3. The molecule has 11 atom stereocenters. The molecule has 4 aliphatic carbocycles. The Labute approximate surface area is 190 Å². The highest BCUT2D eigenvalue weighted by atomic mass is 32.2. The van der Waals surface area contributed by atoms with Gasteiger partial charge in [0.15, 0.2) is 0 Å². The van der Waals surface area contributed by atoms with Crippen molar-refractivity contribution in [1.29, 1.82) is 0 Å². The number of imide groups is 1. The zero-order valence-corrected chi connectivity index (χ0v) is 20.0. The van der Waals surface area contributed by atoms with Gasteiger partial charge in [0.1, 0.15) is 0 Å². The van der Waals surface area contributed by atoms with E-state index in [-0.39, 0.29) is 39.4 Å². The lowest BCUT2D eigenvalue weighted by Crippen LogP contribution is -2.58. The number of thioether (sulfide) groups is 1. The highest BCUT2D eigenvalue weighted by molar-refractivity contribution is 8.15. The molecule has 2 amide bonds. The molecule has 0 aromatic rings. The molecule has 4 saturated carbocycles. The lowest BCUT2D eigenvalue weighted by molar-refractivity contribution is -0.174. The molecule has 174 valence electrons. The number of carbonyl (C=O) groups excluding carboxylic acids is 2. The predicted molar refractivity (Wildman–Crippen MR) is 121 cm³/mol. The summed E-state index contributed by atoms with van der Waals surface area (Å²) in [6, 6.07) is 0. The molecule has 0 aromatic carbocycles. The fourth-order valence-electron chi connectivity index (χ4n) is 9.23. The average molecular weight is 450 g/mol. The highest BCUT2D eigenvalue weighted by Crippen LogP contribution is 2.68. The summed E-state index contributed by atoms with van der Waals surface area (Å²) < 4.78 is 0. The summed E-state index contributed by atoms with van der Waals surface area (Å²) in [6.07, 6.45) is 8.77. The molecule has 5 aliphatic rings. The zero-order chi connectivity index (χ0) is 22.1. The van der Waals surface area contributed by atoms with E-state index in [4.69, 9.17) is 0 Å². The normalized spacial score (nSPS) is 52.8. The van der Waals surface area contributed by atoms with Crippen LogP contribution in [0, 0.1) is 46.3 Å². The maximum Gasteiger partial charge on any atom is 0.286 e. The van der Waals surface area contributed by atoms with Crippen molar-refractivity contribution in [3.05, 3.63) is 0 Å². The van der Waals surface area contributed by atoms with Gasteiger partial charge in [-0.05, 0) is 104 Å². The largest absolute Gasteiger partial charge is 0.393 e. The highest BCUT2D eigenvalue weighted by Gasteiger charge is 2.63. The van der Waals surface area contributed by atoms with Crippen LogP contribution in [-0.4, -0.2) is 38.8 Å². The third-order valence-electron chi connectivity index (χ3n) is 10.8. The zero-order valence-electron chi connectivity index (χ0n) is 19.2. The molecule has 5 fully saturated rings. The number of rotatable bonds is 3. The van der Waals surface area contributed by atoms with Crippen molar-refractivity contribution < 1.29 is 19.8 Å². The first-order valence-electron chi connectivity index (χ1n) is 12.5. The van der Waals surface area contributed by atoms with Gasteiger partial charge >= 0.3 is 0 Å². The van der Waals surface area contributed by atoms with Crippen molar-refractivity contribution in [3.63, 3.8) is 0 Å². The van der Waals surface area contributed by atoms with Crippen molar-refractivity contribution in [2.24, 2.45) is 46.3 Å². The quantitative estimate of drug-likeness (QED) is 0.596. The Balaban J connectivity index is 1.35. The lowest BCUT2D eigenvalue weighted by Gasteiger charge is -2.62. The van der Waals surface area contributed by atoms with E-state index in [0.29, 0.717) is 35.5 Å². The van der Waals surface area contributed by atoms with Crippen LogP contribution in [0.5, 0.6) is 0 Å². The van der Waals surface area contributed by atoms with Gasteiger partial charge in [0, 0.05) is 0 Å². The molecule has 3 N–H and O–H groups in total. The van der Waals surface area contributed by atoms with Crippen molar-refractivity contribution in [3.8, 4) is 0 Å². The van der Waals surface area contributed by atoms with Crippen molar-refractivity contribution in [2.45, 2.75) is 96.0 Å². The van der Waals surface area contributed by atoms with E-state index in [1.54, 1.807) is 0 Å². The minimum Gasteiger partial charge on any atom is -0.393 e. The van der Waals surface area contributed by atoms with Gasteiger partial charge in [-0.2, -0.15) is 0 Å². The maximum absolute atomic E-state index is 12.1. The lowest BCUT2D eigenvalue weighted by atomic mass is 9.43. The van der Waals surface area contributed by atoms with Crippen LogP contribution in [-0.2, 0) is 4.79 Å². The summed E-state index contributed by atoms with van der Waals surface area (Å²) >= 11 is 1.16. The van der Waals surface area contributed by atoms with Crippen LogP contribution < -0.4 is 5.32 Å². The van der Waals surface area contributed by atoms with Crippen LogP contribution in [0.25, 0.3) is 0 Å². The first kappa shape index (κ1) is 22.2. The van der Waals surface area contributed by atoms with E-state index in [2.05, 4.69) is 26.1 Å². The van der Waals surface area contributed by atoms with E-state index < -0.39 is 0 Å². The van der Waals surface area contributed by atoms with Crippen LogP contribution in [0.3, 0.4) is 0 Å². The number of aliphatic hydroxyl groups excluding tert-OH is 2. The summed E-state index contributed by atoms with van der Waals surface area (Å²) in [6.45, 7) is 7.19. The van der Waals surface area contributed by atoms with Crippen LogP contribution in [0.15, 0.2) is 0 Å². The van der Waals surface area contributed by atoms with E-state index in [1.165, 1.54) is 25.7 Å². The second-order valence-electron chi connectivity index (χ2n) is 12.0. The molecule has 6 heteroatoms. The van der Waals surface area contributed by atoms with Gasteiger partial charge in [0.25, 0.3) is 5.24 Å². The van der Waals surface area contributed by atoms with Crippen molar-refractivity contribution in [1.82, 2.24) is 5.32 Å². The van der Waals surface area contributed by atoms with Gasteiger partial charge in [0.05, 0.1) is 17.5 Å². The van der Waals surface area contributed by atoms with Crippen LogP contribution in [0.2, 0.25) is 0 Å². The third kappa shape index (κ3) is 3.42. The topological polar surface area (TPSA) is 86.6 Å². The van der Waals surface area contributed by atoms with E-state index >= 15 is 0 Å². The van der Waals surface area contributed by atoms with Crippen molar-refractivity contribution >= 4 is 22.9 Å². The Hall–Kier alpha value is -0.590. The van der Waals surface area contributed by atoms with Gasteiger partial charge in [0.2, 0.25) is 5.91 Å². The van der Waals surface area contributed by atoms with Gasteiger partial charge in [-0.15, -0.1) is 0 Å². The third-order valence-corrected chi connectivity index (χ3v) is 11.8. The first-order valence-corrected chi connectivity index (χ1v) is 13.4. The molecule has 8 unspecified atom stereocenters. The number of fused-ring (bicyclic) bond motifs is 5. The van der Waals surface area contributed by atoms with E-state index in [1.807, 2.05) is 0 Å². The number of nitrogens with one attached hydrogen (secondary N) is 1. The predicted octanol–water partition coefficient (Wildman–Crippen LogP) is 4.35. The van der Waals surface area contributed by atoms with Crippen LogP contribution in [0.4, 0.5) is 4.79 Å². The second-order valence-corrected chi connectivity index (χ2v) is 13.2. The molecule has 1 aliphatic heterocycles. The molecule has 1 heterocycles. The fourth-order valence-corrected chi connectivity index (χ4v) is 10.2. The number of amides is 2. The molecular formula is C25H39NO4S. The molecule has 0 spiro atoms. The number of aliphatic hydroxyl groups is 2. The molecule has 0 radical (unpaired) electrons. The average Bonchev–Trinajstić information content (AvgIpc) is 3.21. The molecule has 5 rings (SSSR count). The standard InChI is InChI=1S/C25H39NO4S/c1-13(10-20-22(29)26-23(30)31-20)16-4-5-17-21-18(7-9-25(16,17)3)24(2)8-6-15(27)11-14(24)12-19(21)28/h13-21,27-28H,4-12H2,1-3H3,(H,26,29,30)/t13-,14?,15-,16?,17?,18?,19-,20?,21?,24?,25?/m1/s1. The first-order chi connectivity index (χ1) is 14.6. The Morgan fingerprint density at radius 3 is 2.45 bits per heavy atom. The number of carbonyl (C=O) groups is 2. The second kappa shape index (κ2) is 7.73. The smallest absolute Gasteiger partial charge is 0.286 e. The van der Waals surface area contributed by atoms with Gasteiger partial charge in [-0.25, -0.2) is 0 Å². The van der Waals surface area contributed by atoms with Gasteiger partial charge in [-0.3, -0.25) is 14.9 Å². The monoisotopic (exact) mass is 449 g/mol. The molecule has 0 bridgehead atoms. The van der Waals surface area contributed by atoms with E-state index in [9.17, 15) is 19.8 Å². The molecular weight excluding hydrogens is 410 g/mol. The van der Waals surface area contributed by atoms with Crippen molar-refractivity contribution in [2.75, 3.05) is 0 Å². The molecule has 31 heavy (non-hydrogen) atoms. The molecule has 0 aromatic heterocycles. The van der Waals surface area contributed by atoms with E-state index in [0.717, 1.165) is 43.9 Å². The summed E-state index contributed by atoms with van der Waals surface area (Å²) in [5.74, 6) is 2.76. The minimum absolute atomic E-state index is 0.119. The fraction of sp³-hybridized carbons (Fsp3) is 0.920. The maximum atomic E-state index is 12.1. The number of hydrogen-bond acceptors (Lipinski definition) is 5. The Morgan fingerprint density at radius 1 is 1.03 bits per heavy atom. The Bertz CT molecular complexity index is 760. The SMILES string of the molecule is C[C@H](CC1SC(=O)NC1=O)C1CCC2C3C(CCC21C)C1(C)CC[C@@H](O)CC1C[C@H]3O. The molecule has 5 nitrogen and oxygen atoms in total. The minimum atomic E-state index is -0.249. The van der Waals surface area contributed by atoms with Crippen LogP contribution >= 0.6 is 11.8 Å². The molecule has 1 saturated heterocycles. The summed E-state index contributed by atoms with van der Waals surface area (Å²) in [5.41, 5.74) is 0.468. The van der Waals surface area contributed by atoms with Gasteiger partial charge < -0.3 is 10.2 Å². The van der Waals surface area contributed by atoms with Crippen LogP contribution in [0.1, 0.15) is 78.6 Å². The Kier molecular flexibility index (Phi) is 5.54. The summed E-state index contributed by atoms with van der Waals surface area (Å²) in [4.78, 5) is 23.7.